The third-order valence-electron chi connectivity index (χ3n) is 4.37. The second-order valence-electron chi connectivity index (χ2n) is 5.76. The van der Waals surface area contributed by atoms with Gasteiger partial charge in [0, 0.05) is 29.3 Å². The van der Waals surface area contributed by atoms with Gasteiger partial charge in [-0.05, 0) is 38.2 Å². The van der Waals surface area contributed by atoms with Crippen LogP contribution in [0.4, 0.5) is 0 Å². The van der Waals surface area contributed by atoms with Crippen LogP contribution >= 0.6 is 23.4 Å². The van der Waals surface area contributed by atoms with Crippen LogP contribution in [-0.4, -0.2) is 31.9 Å². The number of pyridine rings is 1. The number of aryl methyl sites for hydroxylation is 2. The lowest BCUT2D eigenvalue weighted by Gasteiger charge is -2.32. The number of imidazole rings is 1. The summed E-state index contributed by atoms with van der Waals surface area (Å²) in [6.07, 6.45) is 8.19. The van der Waals surface area contributed by atoms with Crippen molar-refractivity contribution in [2.75, 3.05) is 12.1 Å². The van der Waals surface area contributed by atoms with Gasteiger partial charge >= 0.3 is 0 Å². The highest BCUT2D eigenvalue weighted by Gasteiger charge is 2.29. The van der Waals surface area contributed by atoms with Gasteiger partial charge in [-0.3, -0.25) is 0 Å². The van der Waals surface area contributed by atoms with Gasteiger partial charge in [-0.1, -0.05) is 12.8 Å². The topological polar surface area (TPSA) is 30.7 Å². The summed E-state index contributed by atoms with van der Waals surface area (Å²) in [5.74, 6) is 1.71. The Bertz CT molecular complexity index is 625. The van der Waals surface area contributed by atoms with Crippen molar-refractivity contribution in [1.82, 2.24) is 14.5 Å². The van der Waals surface area contributed by atoms with E-state index in [9.17, 15) is 0 Å². The molecule has 114 valence electrons. The Morgan fingerprint density at radius 2 is 2.10 bits per heavy atom. The SMILES string of the molecule is CSC1CCCCC1n1c(CCCl)nc2ccc(C)nc21. The van der Waals surface area contributed by atoms with E-state index < -0.39 is 0 Å². The fourth-order valence-corrected chi connectivity index (χ4v) is 4.52. The Labute approximate surface area is 135 Å². The van der Waals surface area contributed by atoms with Crippen LogP contribution in [0.25, 0.3) is 11.2 Å². The average Bonchev–Trinajstić information content (AvgIpc) is 2.84. The van der Waals surface area contributed by atoms with Crippen LogP contribution in [-0.2, 0) is 6.42 Å². The number of alkyl halides is 1. The smallest absolute Gasteiger partial charge is 0.160 e. The summed E-state index contributed by atoms with van der Waals surface area (Å²) in [6.45, 7) is 2.05. The zero-order valence-electron chi connectivity index (χ0n) is 12.7. The average molecular weight is 324 g/mol. The molecule has 2 aromatic rings. The van der Waals surface area contributed by atoms with E-state index in [2.05, 4.69) is 16.9 Å². The Balaban J connectivity index is 2.13. The van der Waals surface area contributed by atoms with E-state index in [1.807, 2.05) is 24.8 Å². The van der Waals surface area contributed by atoms with Gasteiger partial charge in [0.1, 0.15) is 11.3 Å². The van der Waals surface area contributed by atoms with Gasteiger partial charge in [-0.25, -0.2) is 9.97 Å². The zero-order valence-corrected chi connectivity index (χ0v) is 14.3. The predicted molar refractivity (Wildman–Crippen MR) is 91.5 cm³/mol. The third-order valence-corrected chi connectivity index (χ3v) is 5.71. The Kier molecular flexibility index (Phi) is 4.75. The lowest BCUT2D eigenvalue weighted by Crippen LogP contribution is -2.27. The second kappa shape index (κ2) is 6.57. The molecule has 0 radical (unpaired) electrons. The first-order valence-corrected chi connectivity index (χ1v) is 9.50. The molecule has 0 aromatic carbocycles. The molecule has 2 unspecified atom stereocenters. The van der Waals surface area contributed by atoms with Gasteiger partial charge in [-0.2, -0.15) is 11.8 Å². The van der Waals surface area contributed by atoms with E-state index >= 15 is 0 Å². The van der Waals surface area contributed by atoms with Crippen molar-refractivity contribution in [1.29, 1.82) is 0 Å². The number of nitrogens with zero attached hydrogens (tertiary/aromatic N) is 3. The number of aromatic nitrogens is 3. The van der Waals surface area contributed by atoms with Crippen LogP contribution in [0, 0.1) is 6.92 Å². The highest BCUT2D eigenvalue weighted by Crippen LogP contribution is 2.38. The normalized spacial score (nSPS) is 22.8. The molecule has 3 nitrogen and oxygen atoms in total. The fourth-order valence-electron chi connectivity index (χ4n) is 3.37. The van der Waals surface area contributed by atoms with E-state index in [1.54, 1.807) is 0 Å². The van der Waals surface area contributed by atoms with Gasteiger partial charge < -0.3 is 4.57 Å². The summed E-state index contributed by atoms with van der Waals surface area (Å²) in [5, 5.41) is 0.660. The van der Waals surface area contributed by atoms with Crippen molar-refractivity contribution in [3.63, 3.8) is 0 Å². The van der Waals surface area contributed by atoms with Gasteiger partial charge in [-0.15, -0.1) is 11.6 Å². The van der Waals surface area contributed by atoms with Gasteiger partial charge in [0.05, 0.1) is 0 Å². The summed E-state index contributed by atoms with van der Waals surface area (Å²) in [7, 11) is 0. The van der Waals surface area contributed by atoms with E-state index in [-0.39, 0.29) is 0 Å². The van der Waals surface area contributed by atoms with Crippen LogP contribution in [0.15, 0.2) is 12.1 Å². The molecule has 1 aliphatic carbocycles. The molecule has 2 heterocycles. The van der Waals surface area contributed by atoms with Crippen molar-refractivity contribution in [3.8, 4) is 0 Å². The molecule has 3 rings (SSSR count). The molecule has 2 aromatic heterocycles. The lowest BCUT2D eigenvalue weighted by atomic mass is 9.94. The maximum Gasteiger partial charge on any atom is 0.160 e. The second-order valence-corrected chi connectivity index (χ2v) is 7.21. The maximum atomic E-state index is 6.00. The third kappa shape index (κ3) is 2.93. The lowest BCUT2D eigenvalue weighted by molar-refractivity contribution is 0.363. The van der Waals surface area contributed by atoms with Crippen molar-refractivity contribution in [2.24, 2.45) is 0 Å². The first-order valence-electron chi connectivity index (χ1n) is 7.68. The minimum absolute atomic E-state index is 0.506. The highest BCUT2D eigenvalue weighted by molar-refractivity contribution is 7.99. The molecule has 0 saturated heterocycles. The summed E-state index contributed by atoms with van der Waals surface area (Å²) in [4.78, 5) is 9.56. The molecule has 21 heavy (non-hydrogen) atoms. The van der Waals surface area contributed by atoms with Crippen molar-refractivity contribution in [2.45, 2.75) is 50.3 Å². The molecular weight excluding hydrogens is 302 g/mol. The Morgan fingerprint density at radius 1 is 1.29 bits per heavy atom. The number of halogens is 1. The number of hydrogen-bond donors (Lipinski definition) is 0. The molecule has 5 heteroatoms. The van der Waals surface area contributed by atoms with Crippen molar-refractivity contribution >= 4 is 34.5 Å². The maximum absolute atomic E-state index is 6.00. The number of fused-ring (bicyclic) bond motifs is 1. The molecule has 2 atom stereocenters. The standard InChI is InChI=1S/C16H22ClN3S/c1-11-7-8-12-16(18-11)20(15(19-12)9-10-17)13-5-3-4-6-14(13)21-2/h7-8,13-14H,3-6,9-10H2,1-2H3. The van der Waals surface area contributed by atoms with Crippen LogP contribution < -0.4 is 0 Å². The molecule has 0 N–H and O–H groups in total. The van der Waals surface area contributed by atoms with Gasteiger partial charge in [0.2, 0.25) is 0 Å². The Hall–Kier alpha value is -0.740. The van der Waals surface area contributed by atoms with E-state index in [1.165, 1.54) is 25.7 Å². The summed E-state index contributed by atoms with van der Waals surface area (Å²) < 4.78 is 2.39. The van der Waals surface area contributed by atoms with Crippen LogP contribution in [0.1, 0.15) is 43.2 Å². The largest absolute Gasteiger partial charge is 0.308 e. The first-order chi connectivity index (χ1) is 10.2. The molecule has 0 amide bonds. The van der Waals surface area contributed by atoms with E-state index in [0.29, 0.717) is 17.2 Å². The van der Waals surface area contributed by atoms with Crippen LogP contribution in [0.5, 0.6) is 0 Å². The molecule has 1 aliphatic rings. The number of rotatable bonds is 4. The van der Waals surface area contributed by atoms with Gasteiger partial charge in [0.15, 0.2) is 5.65 Å². The van der Waals surface area contributed by atoms with Crippen molar-refractivity contribution in [3.05, 3.63) is 23.7 Å². The number of thioether (sulfide) groups is 1. The predicted octanol–water partition coefficient (Wildman–Crippen LogP) is 4.37. The molecule has 0 spiro atoms. The minimum Gasteiger partial charge on any atom is -0.308 e. The van der Waals surface area contributed by atoms with E-state index in [4.69, 9.17) is 21.6 Å². The molecule has 0 aliphatic heterocycles. The molecule has 1 saturated carbocycles. The monoisotopic (exact) mass is 323 g/mol. The summed E-state index contributed by atoms with van der Waals surface area (Å²) >= 11 is 7.98. The quantitative estimate of drug-likeness (QED) is 0.783. The molecule has 0 bridgehead atoms. The van der Waals surface area contributed by atoms with Crippen molar-refractivity contribution < 1.29 is 0 Å². The number of hydrogen-bond acceptors (Lipinski definition) is 3. The minimum atomic E-state index is 0.506. The molecular formula is C16H22ClN3S. The van der Waals surface area contributed by atoms with E-state index in [0.717, 1.165) is 29.1 Å². The van der Waals surface area contributed by atoms with Crippen LogP contribution in [0.3, 0.4) is 0 Å². The first kappa shape index (κ1) is 15.2. The molecule has 1 fully saturated rings. The Morgan fingerprint density at radius 3 is 2.86 bits per heavy atom. The fraction of sp³-hybridized carbons (Fsp3) is 0.625. The summed E-state index contributed by atoms with van der Waals surface area (Å²) in [6, 6.07) is 4.63. The summed E-state index contributed by atoms with van der Waals surface area (Å²) in [5.41, 5.74) is 3.10. The van der Waals surface area contributed by atoms with Crippen LogP contribution in [0.2, 0.25) is 0 Å². The zero-order chi connectivity index (χ0) is 14.8. The van der Waals surface area contributed by atoms with Gasteiger partial charge in [0.25, 0.3) is 0 Å². The highest BCUT2D eigenvalue weighted by atomic mass is 35.5.